The van der Waals surface area contributed by atoms with Crippen LogP contribution < -0.4 is 4.90 Å². The number of halogens is 1. The topological polar surface area (TPSA) is 43.8 Å². The van der Waals surface area contributed by atoms with Gasteiger partial charge in [0.15, 0.2) is 0 Å². The van der Waals surface area contributed by atoms with Crippen LogP contribution in [0.5, 0.6) is 0 Å². The molecule has 0 aromatic heterocycles. The summed E-state index contributed by atoms with van der Waals surface area (Å²) >= 11 is 0. The molecule has 1 N–H and O–H groups in total. The smallest absolute Gasteiger partial charge is 0.412 e. The molecule has 3 heterocycles. The van der Waals surface area contributed by atoms with Gasteiger partial charge in [-0.1, -0.05) is 48.5 Å². The molecule has 1 amide bonds. The van der Waals surface area contributed by atoms with Crippen LogP contribution in [0.25, 0.3) is 11.1 Å². The second kappa shape index (κ2) is 7.06. The highest BCUT2D eigenvalue weighted by Gasteiger charge is 2.47. The molecule has 132 valence electrons. The quantitative estimate of drug-likeness (QED) is 0.878. The van der Waals surface area contributed by atoms with Crippen LogP contribution in [0.2, 0.25) is 0 Å². The van der Waals surface area contributed by atoms with Crippen LogP contribution in [0.15, 0.2) is 54.6 Å². The van der Waals surface area contributed by atoms with E-state index in [1.54, 1.807) is 4.90 Å². The number of fused-ring (bicyclic) bond motifs is 3. The van der Waals surface area contributed by atoms with Crippen molar-refractivity contribution in [1.29, 1.82) is 0 Å². The first kappa shape index (κ1) is 17.8. The SMILES string of the molecule is Cl.O=C(O)N(c1ccccc1-c1ccccc1)C12CCN(CC1)CC2. The summed E-state index contributed by atoms with van der Waals surface area (Å²) in [4.78, 5) is 16.4. The van der Waals surface area contributed by atoms with Crippen molar-refractivity contribution in [2.75, 3.05) is 24.5 Å². The molecule has 2 bridgehead atoms. The molecular formula is C20H23ClN2O2. The first-order valence-corrected chi connectivity index (χ1v) is 8.60. The van der Waals surface area contributed by atoms with Crippen LogP contribution in [-0.4, -0.2) is 41.3 Å². The van der Waals surface area contributed by atoms with E-state index in [0.29, 0.717) is 0 Å². The summed E-state index contributed by atoms with van der Waals surface area (Å²) in [5.74, 6) is 0. The predicted molar refractivity (Wildman–Crippen MR) is 103 cm³/mol. The Kier molecular flexibility index (Phi) is 5.02. The maximum Gasteiger partial charge on any atom is 0.412 e. The highest BCUT2D eigenvalue weighted by Crippen LogP contribution is 2.43. The number of piperidine rings is 3. The molecule has 2 aromatic rings. The molecule has 0 unspecified atom stereocenters. The zero-order chi connectivity index (χ0) is 16.6. The second-order valence-electron chi connectivity index (χ2n) is 6.82. The van der Waals surface area contributed by atoms with E-state index in [9.17, 15) is 9.90 Å². The predicted octanol–water partition coefficient (Wildman–Crippen LogP) is 4.50. The van der Waals surface area contributed by atoms with Crippen molar-refractivity contribution in [2.24, 2.45) is 0 Å². The number of para-hydroxylation sites is 1. The summed E-state index contributed by atoms with van der Waals surface area (Å²) in [5.41, 5.74) is 2.60. The lowest BCUT2D eigenvalue weighted by Gasteiger charge is -2.53. The van der Waals surface area contributed by atoms with Crippen LogP contribution >= 0.6 is 12.4 Å². The van der Waals surface area contributed by atoms with E-state index in [2.05, 4.69) is 4.90 Å². The largest absolute Gasteiger partial charge is 0.465 e. The summed E-state index contributed by atoms with van der Waals surface area (Å²) in [7, 11) is 0. The number of hydrogen-bond acceptors (Lipinski definition) is 2. The minimum absolute atomic E-state index is 0. The number of carbonyl (C=O) groups is 1. The van der Waals surface area contributed by atoms with Crippen molar-refractivity contribution in [3.63, 3.8) is 0 Å². The van der Waals surface area contributed by atoms with Gasteiger partial charge < -0.3 is 10.0 Å². The Labute approximate surface area is 154 Å². The molecule has 3 aliphatic heterocycles. The van der Waals surface area contributed by atoms with Crippen molar-refractivity contribution in [2.45, 2.75) is 24.8 Å². The lowest BCUT2D eigenvalue weighted by Crippen LogP contribution is -2.62. The van der Waals surface area contributed by atoms with Gasteiger partial charge in [0.25, 0.3) is 0 Å². The molecule has 3 fully saturated rings. The van der Waals surface area contributed by atoms with Crippen LogP contribution in [0, 0.1) is 0 Å². The van der Waals surface area contributed by atoms with Gasteiger partial charge in [0, 0.05) is 25.2 Å². The molecule has 0 spiro atoms. The molecule has 2 aromatic carbocycles. The monoisotopic (exact) mass is 358 g/mol. The Hall–Kier alpha value is -2.04. The van der Waals surface area contributed by atoms with Gasteiger partial charge in [-0.2, -0.15) is 0 Å². The van der Waals surface area contributed by atoms with Crippen LogP contribution in [0.3, 0.4) is 0 Å². The number of amides is 1. The van der Waals surface area contributed by atoms with Gasteiger partial charge in [-0.3, -0.25) is 4.90 Å². The van der Waals surface area contributed by atoms with Gasteiger partial charge in [0.1, 0.15) is 0 Å². The lowest BCUT2D eigenvalue weighted by atomic mass is 9.78. The molecule has 0 atom stereocenters. The van der Waals surface area contributed by atoms with Gasteiger partial charge in [-0.25, -0.2) is 4.79 Å². The normalized spacial score (nSPS) is 24.4. The zero-order valence-corrected chi connectivity index (χ0v) is 14.9. The number of benzene rings is 2. The number of nitrogens with zero attached hydrogens (tertiary/aromatic N) is 2. The summed E-state index contributed by atoms with van der Waals surface area (Å²) in [5, 5.41) is 10.1. The standard InChI is InChI=1S/C20H22N2O2.ClH/c23-19(24)22(20-10-13-21(14-11-20)15-12-20)18-9-5-4-8-17(18)16-6-2-1-3-7-16;/h1-9H,10-15H2,(H,23,24);1H. The van der Waals surface area contributed by atoms with Crippen LogP contribution in [0.4, 0.5) is 10.5 Å². The van der Waals surface area contributed by atoms with E-state index in [1.165, 1.54) is 0 Å². The van der Waals surface area contributed by atoms with E-state index in [0.717, 1.165) is 55.7 Å². The number of carboxylic acid groups (broad SMARTS) is 1. The molecule has 0 aliphatic carbocycles. The average Bonchev–Trinajstić information content (AvgIpc) is 2.64. The van der Waals surface area contributed by atoms with Crippen molar-refractivity contribution < 1.29 is 9.90 Å². The van der Waals surface area contributed by atoms with Gasteiger partial charge in [0.05, 0.1) is 11.2 Å². The fraction of sp³-hybridized carbons (Fsp3) is 0.350. The molecule has 5 rings (SSSR count). The zero-order valence-electron chi connectivity index (χ0n) is 14.1. The third-order valence-corrected chi connectivity index (χ3v) is 5.58. The highest BCUT2D eigenvalue weighted by atomic mass is 35.5. The molecular weight excluding hydrogens is 336 g/mol. The number of anilines is 1. The maximum absolute atomic E-state index is 12.3. The molecule has 25 heavy (non-hydrogen) atoms. The van der Waals surface area contributed by atoms with Gasteiger partial charge in [-0.15, -0.1) is 12.4 Å². The first-order chi connectivity index (χ1) is 11.7. The molecule has 0 saturated carbocycles. The minimum atomic E-state index is -0.839. The lowest BCUT2D eigenvalue weighted by molar-refractivity contribution is 0.0783. The van der Waals surface area contributed by atoms with E-state index < -0.39 is 6.09 Å². The molecule has 3 saturated heterocycles. The Balaban J connectivity index is 0.00000182. The summed E-state index contributed by atoms with van der Waals surface area (Å²) in [6.07, 6.45) is 1.92. The van der Waals surface area contributed by atoms with Gasteiger partial charge in [0.2, 0.25) is 0 Å². The fourth-order valence-electron chi connectivity index (χ4n) is 4.24. The third-order valence-electron chi connectivity index (χ3n) is 5.58. The first-order valence-electron chi connectivity index (χ1n) is 8.60. The molecule has 3 aliphatic rings. The summed E-state index contributed by atoms with van der Waals surface area (Å²) < 4.78 is 0. The molecule has 4 nitrogen and oxygen atoms in total. The van der Waals surface area contributed by atoms with Crippen LogP contribution in [-0.2, 0) is 0 Å². The van der Waals surface area contributed by atoms with Crippen molar-refractivity contribution in [3.05, 3.63) is 54.6 Å². The Morgan fingerprint density at radius 3 is 2.08 bits per heavy atom. The number of hydrogen-bond donors (Lipinski definition) is 1. The van der Waals surface area contributed by atoms with E-state index in [-0.39, 0.29) is 17.9 Å². The molecule has 0 radical (unpaired) electrons. The van der Waals surface area contributed by atoms with Gasteiger partial charge >= 0.3 is 6.09 Å². The average molecular weight is 359 g/mol. The highest BCUT2D eigenvalue weighted by molar-refractivity contribution is 5.94. The van der Waals surface area contributed by atoms with E-state index in [4.69, 9.17) is 0 Å². The van der Waals surface area contributed by atoms with Gasteiger partial charge in [-0.05, 0) is 30.9 Å². The minimum Gasteiger partial charge on any atom is -0.465 e. The fourth-order valence-corrected chi connectivity index (χ4v) is 4.24. The second-order valence-corrected chi connectivity index (χ2v) is 6.82. The van der Waals surface area contributed by atoms with Crippen molar-refractivity contribution >= 4 is 24.2 Å². The number of rotatable bonds is 3. The van der Waals surface area contributed by atoms with E-state index in [1.807, 2.05) is 54.6 Å². The maximum atomic E-state index is 12.3. The third kappa shape index (κ3) is 3.12. The summed E-state index contributed by atoms with van der Waals surface area (Å²) in [6, 6.07) is 17.9. The van der Waals surface area contributed by atoms with Crippen molar-refractivity contribution in [3.8, 4) is 11.1 Å². The Morgan fingerprint density at radius 1 is 0.920 bits per heavy atom. The molecule has 5 heteroatoms. The van der Waals surface area contributed by atoms with Crippen LogP contribution in [0.1, 0.15) is 19.3 Å². The van der Waals surface area contributed by atoms with Crippen molar-refractivity contribution in [1.82, 2.24) is 4.90 Å². The Bertz CT molecular complexity index is 729. The summed E-state index contributed by atoms with van der Waals surface area (Å²) in [6.45, 7) is 2.99. The Morgan fingerprint density at radius 2 is 1.48 bits per heavy atom. The van der Waals surface area contributed by atoms with E-state index >= 15 is 0 Å².